The molecule has 0 spiro atoms. The summed E-state index contributed by atoms with van der Waals surface area (Å²) in [6.07, 6.45) is 0. The molecule has 31 rings (SSSR count). The van der Waals surface area contributed by atoms with E-state index in [2.05, 4.69) is 549 Å². The van der Waals surface area contributed by atoms with Crippen molar-refractivity contribution in [3.8, 4) is 89.8 Å². The maximum Gasteiger partial charge on any atom is 0.136 e. The second-order valence-corrected chi connectivity index (χ2v) is 38.1. The minimum absolute atomic E-state index is 0.907. The first-order chi connectivity index (χ1) is 71.9. The lowest BCUT2D eigenvalue weighted by molar-refractivity contribution is 0.669. The predicted octanol–water partition coefficient (Wildman–Crippen LogP) is 37.3. The van der Waals surface area contributed by atoms with Crippen molar-refractivity contribution in [3.05, 3.63) is 534 Å². The Bertz CT molecular complexity index is 10600. The molecular formula is C138H88N6O. The summed E-state index contributed by atoms with van der Waals surface area (Å²) < 4.78 is 20.9. The molecule has 0 saturated heterocycles. The van der Waals surface area contributed by atoms with Crippen molar-refractivity contribution in [1.82, 2.24) is 27.4 Å². The van der Waals surface area contributed by atoms with Gasteiger partial charge >= 0.3 is 0 Å². The Morgan fingerprint density at radius 3 is 0.869 bits per heavy atom. The van der Waals surface area contributed by atoms with Crippen LogP contribution in [0.2, 0.25) is 0 Å². The molecule has 7 heterocycles. The SMILES string of the molecule is c1ccc(-c2ccccc2-c2ccc(-n3c4ccccc4c4cc5c6cc7ccccc7cc6n(-c6ccccc6)c5cc43)cc2)cc1.c1ccc(-c2ccccc2-c2cccc(-n3c4ccccc4c4cc5c6cc7ccccc7cc6n(-c6ccccc6)c5cc43)c2)cc1.c1ccc(-n2c3cc4c(cc3c3c5ccccc5ccc32)c2ccccc2n4-c2cccc(-c3cccc4oc5ccccc5c34)c2)cc1. The lowest BCUT2D eigenvalue weighted by Gasteiger charge is -2.14. The number of aromatic nitrogens is 6. The van der Waals surface area contributed by atoms with Crippen molar-refractivity contribution in [3.63, 3.8) is 0 Å². The van der Waals surface area contributed by atoms with Crippen LogP contribution in [0.25, 0.3) is 275 Å². The number of furan rings is 1. The lowest BCUT2D eigenvalue weighted by atomic mass is 9.94. The first kappa shape index (κ1) is 82.7. The van der Waals surface area contributed by atoms with Gasteiger partial charge < -0.3 is 31.8 Å². The van der Waals surface area contributed by atoms with Gasteiger partial charge in [-0.15, -0.1) is 0 Å². The predicted molar refractivity (Wildman–Crippen MR) is 612 cm³/mol. The summed E-state index contributed by atoms with van der Waals surface area (Å²) in [4.78, 5) is 0. The second kappa shape index (κ2) is 33.7. The van der Waals surface area contributed by atoms with E-state index in [4.69, 9.17) is 4.42 Å². The van der Waals surface area contributed by atoms with E-state index in [1.807, 2.05) is 12.1 Å². The third-order valence-corrected chi connectivity index (χ3v) is 30.0. The minimum Gasteiger partial charge on any atom is -0.456 e. The Morgan fingerprint density at radius 1 is 0.117 bits per heavy atom. The zero-order valence-electron chi connectivity index (χ0n) is 78.9. The van der Waals surface area contributed by atoms with Gasteiger partial charge in [0.15, 0.2) is 0 Å². The molecule has 7 nitrogen and oxygen atoms in total. The number of hydrogen-bond donors (Lipinski definition) is 0. The number of benzene rings is 24. The van der Waals surface area contributed by atoms with Gasteiger partial charge in [0.1, 0.15) is 11.2 Å². The summed E-state index contributed by atoms with van der Waals surface area (Å²) in [5.74, 6) is 0. The summed E-state index contributed by atoms with van der Waals surface area (Å²) in [5, 5.41) is 25.0. The van der Waals surface area contributed by atoms with E-state index >= 15 is 0 Å². The molecule has 0 fully saturated rings. The molecule has 0 bridgehead atoms. The van der Waals surface area contributed by atoms with Crippen molar-refractivity contribution in [1.29, 1.82) is 0 Å². The zero-order chi connectivity index (χ0) is 95.3. The van der Waals surface area contributed by atoms with Crippen molar-refractivity contribution < 1.29 is 4.42 Å². The fourth-order valence-electron chi connectivity index (χ4n) is 23.6. The molecule has 7 aromatic heterocycles. The molecule has 7 heteroatoms. The number of para-hydroxylation sites is 7. The van der Waals surface area contributed by atoms with Gasteiger partial charge in [-0.25, -0.2) is 0 Å². The topological polar surface area (TPSA) is 42.7 Å². The zero-order valence-corrected chi connectivity index (χ0v) is 78.9. The van der Waals surface area contributed by atoms with Gasteiger partial charge in [-0.1, -0.05) is 364 Å². The molecule has 0 amide bonds. The third kappa shape index (κ3) is 13.5. The molecule has 145 heavy (non-hydrogen) atoms. The minimum atomic E-state index is 0.907. The van der Waals surface area contributed by atoms with Gasteiger partial charge in [0, 0.05) is 110 Å². The summed E-state index contributed by atoms with van der Waals surface area (Å²) in [6.45, 7) is 0. The van der Waals surface area contributed by atoms with Crippen LogP contribution in [-0.4, -0.2) is 27.4 Å². The quantitative estimate of drug-likeness (QED) is 0.127. The summed E-state index contributed by atoms with van der Waals surface area (Å²) >= 11 is 0. The highest BCUT2D eigenvalue weighted by Gasteiger charge is 2.27. The molecule has 0 aliphatic heterocycles. The fraction of sp³-hybridized carbons (Fsp3) is 0. The standard InChI is InChI=1S/C46H28N2O.2C46H30N2/c1-2-14-31(15-3-1)47-40-25-24-29-12-4-5-17-33(29)45(40)38-27-37-35-18-6-8-21-39(35)48(41(37)28-42(38)47)32-16-10-13-30(26-32)34-20-11-23-44-46(34)36-19-7-9-22-43(36)49-44;1-3-14-31(15-4-1)37-22-9-10-23-38(37)34-18-13-21-36(26-34)48-43-25-12-11-24-39(43)41-29-42-40-27-32-16-7-8-17-33(32)28-44(40)47(46(42)30-45(41)48)35-19-5-2-6-20-35;1-3-13-31(14-4-1)37-19-9-10-20-38(37)32-23-25-36(26-24-32)47-43-22-12-11-21-39(43)41-29-42-40-27-33-15-7-8-16-34(33)28-44(40)48(46(42)30-45(41)47)35-17-5-2-6-18-35/h1-28H;2*1-30H. The fourth-order valence-corrected chi connectivity index (χ4v) is 23.6. The van der Waals surface area contributed by atoms with Crippen molar-refractivity contribution in [2.24, 2.45) is 0 Å². The van der Waals surface area contributed by atoms with E-state index in [-0.39, 0.29) is 0 Å². The van der Waals surface area contributed by atoms with Crippen LogP contribution in [0.1, 0.15) is 0 Å². The molecule has 0 aliphatic rings. The van der Waals surface area contributed by atoms with E-state index in [9.17, 15) is 0 Å². The molecule has 24 aromatic carbocycles. The first-order valence-corrected chi connectivity index (χ1v) is 49.8. The van der Waals surface area contributed by atoms with Gasteiger partial charge in [0.2, 0.25) is 0 Å². The third-order valence-electron chi connectivity index (χ3n) is 30.0. The van der Waals surface area contributed by atoms with Crippen LogP contribution in [0.15, 0.2) is 538 Å². The lowest BCUT2D eigenvalue weighted by Crippen LogP contribution is -1.96. The average Bonchev–Trinajstić information content (AvgIpc) is 1.55. The van der Waals surface area contributed by atoms with Gasteiger partial charge in [0.25, 0.3) is 0 Å². The molecule has 31 aromatic rings. The highest BCUT2D eigenvalue weighted by molar-refractivity contribution is 6.27. The Kier molecular flexibility index (Phi) is 19.3. The largest absolute Gasteiger partial charge is 0.456 e. The van der Waals surface area contributed by atoms with Crippen LogP contribution in [0.3, 0.4) is 0 Å². The van der Waals surface area contributed by atoms with Crippen LogP contribution < -0.4 is 0 Å². The van der Waals surface area contributed by atoms with E-state index in [1.165, 1.54) is 213 Å². The molecule has 0 atom stereocenters. The van der Waals surface area contributed by atoms with Crippen LogP contribution in [0.5, 0.6) is 0 Å². The van der Waals surface area contributed by atoms with Crippen molar-refractivity contribution >= 4 is 185 Å². The van der Waals surface area contributed by atoms with E-state index in [0.29, 0.717) is 0 Å². The Labute approximate surface area is 834 Å². The summed E-state index contributed by atoms with van der Waals surface area (Å²) in [5.41, 5.74) is 35.3. The highest BCUT2D eigenvalue weighted by atomic mass is 16.3. The molecule has 0 saturated carbocycles. The molecular weight excluding hydrogens is 1760 g/mol. The van der Waals surface area contributed by atoms with Crippen molar-refractivity contribution in [2.75, 3.05) is 0 Å². The second-order valence-electron chi connectivity index (χ2n) is 38.1. The Balaban J connectivity index is 0.000000103. The van der Waals surface area contributed by atoms with E-state index in [1.54, 1.807) is 0 Å². The smallest absolute Gasteiger partial charge is 0.136 e. The number of hydrogen-bond acceptors (Lipinski definition) is 1. The molecule has 0 N–H and O–H groups in total. The average molecular weight is 1850 g/mol. The van der Waals surface area contributed by atoms with Gasteiger partial charge in [-0.2, -0.15) is 0 Å². The van der Waals surface area contributed by atoms with Crippen LogP contribution in [0, 0.1) is 0 Å². The van der Waals surface area contributed by atoms with Crippen LogP contribution in [0.4, 0.5) is 0 Å². The molecule has 0 aliphatic carbocycles. The maximum atomic E-state index is 6.27. The number of rotatable bonds is 11. The highest BCUT2D eigenvalue weighted by Crippen LogP contribution is 2.49. The van der Waals surface area contributed by atoms with Gasteiger partial charge in [-0.3, -0.25) is 0 Å². The van der Waals surface area contributed by atoms with E-state index in [0.717, 1.165) is 61.6 Å². The monoisotopic (exact) mass is 1840 g/mol. The molecule has 676 valence electrons. The van der Waals surface area contributed by atoms with Crippen molar-refractivity contribution in [2.45, 2.75) is 0 Å². The van der Waals surface area contributed by atoms with Crippen LogP contribution >= 0.6 is 0 Å². The summed E-state index contributed by atoms with van der Waals surface area (Å²) in [6, 6.07) is 194. The first-order valence-electron chi connectivity index (χ1n) is 49.8. The van der Waals surface area contributed by atoms with Gasteiger partial charge in [0.05, 0.1) is 66.2 Å². The number of fused-ring (bicyclic) bond motifs is 25. The van der Waals surface area contributed by atoms with Crippen LogP contribution in [-0.2, 0) is 0 Å². The molecule has 0 unspecified atom stereocenters. The summed E-state index contributed by atoms with van der Waals surface area (Å²) in [7, 11) is 0. The Morgan fingerprint density at radius 2 is 0.400 bits per heavy atom. The molecule has 0 radical (unpaired) electrons. The number of nitrogens with zero attached hydrogens (tertiary/aromatic N) is 6. The Hall–Kier alpha value is -19.3. The van der Waals surface area contributed by atoms with Gasteiger partial charge in [-0.05, 0) is 258 Å². The van der Waals surface area contributed by atoms with E-state index < -0.39 is 0 Å². The normalized spacial score (nSPS) is 11.9. The maximum absolute atomic E-state index is 6.27.